The Bertz CT molecular complexity index is 811. The number of aryl methyl sites for hydroxylation is 1. The predicted molar refractivity (Wildman–Crippen MR) is 119 cm³/mol. The van der Waals surface area contributed by atoms with Gasteiger partial charge in [-0.1, -0.05) is 25.7 Å². The summed E-state index contributed by atoms with van der Waals surface area (Å²) >= 11 is 0. The van der Waals surface area contributed by atoms with E-state index in [1.807, 2.05) is 6.07 Å². The van der Waals surface area contributed by atoms with E-state index in [4.69, 9.17) is 0 Å². The molecule has 0 atom stereocenters. The Hall–Kier alpha value is -2.63. The number of amides is 1. The lowest BCUT2D eigenvalue weighted by Gasteiger charge is -2.22. The van der Waals surface area contributed by atoms with Gasteiger partial charge in [0.25, 0.3) is 5.91 Å². The summed E-state index contributed by atoms with van der Waals surface area (Å²) in [6.45, 7) is 8.33. The number of nitrogens with one attached hydrogen (secondary N) is 2. The molecule has 6 heteroatoms. The van der Waals surface area contributed by atoms with Crippen molar-refractivity contribution < 1.29 is 4.79 Å². The van der Waals surface area contributed by atoms with E-state index in [9.17, 15) is 4.79 Å². The van der Waals surface area contributed by atoms with E-state index in [-0.39, 0.29) is 11.9 Å². The number of hydrogen-bond acceptors (Lipinski definition) is 5. The van der Waals surface area contributed by atoms with Crippen molar-refractivity contribution in [2.75, 3.05) is 23.3 Å². The second kappa shape index (κ2) is 10.2. The highest BCUT2D eigenvalue weighted by Crippen LogP contribution is 2.24. The van der Waals surface area contributed by atoms with E-state index in [0.29, 0.717) is 11.6 Å². The van der Waals surface area contributed by atoms with Crippen LogP contribution in [-0.2, 0) is 0 Å². The number of anilines is 3. The molecule has 0 bridgehead atoms. The van der Waals surface area contributed by atoms with Crippen LogP contribution in [0.2, 0.25) is 0 Å². The van der Waals surface area contributed by atoms with Crippen molar-refractivity contribution in [3.63, 3.8) is 0 Å². The van der Waals surface area contributed by atoms with Gasteiger partial charge in [0.2, 0.25) is 5.95 Å². The SMILES string of the molecule is CCN(CC)c1ccc(Nc2nccc(C(=O)NC3CCCCCC3)n2)c(C)c1. The van der Waals surface area contributed by atoms with Crippen LogP contribution in [0, 0.1) is 6.92 Å². The molecule has 29 heavy (non-hydrogen) atoms. The number of rotatable bonds is 7. The third-order valence-corrected chi connectivity index (χ3v) is 5.66. The lowest BCUT2D eigenvalue weighted by molar-refractivity contribution is 0.0928. The van der Waals surface area contributed by atoms with Crippen LogP contribution in [0.3, 0.4) is 0 Å². The minimum Gasteiger partial charge on any atom is -0.372 e. The third-order valence-electron chi connectivity index (χ3n) is 5.66. The van der Waals surface area contributed by atoms with Gasteiger partial charge in [-0.15, -0.1) is 0 Å². The van der Waals surface area contributed by atoms with Crippen molar-refractivity contribution in [3.8, 4) is 0 Å². The molecular weight excluding hydrogens is 362 g/mol. The normalized spacial score (nSPS) is 14.9. The number of carbonyl (C=O) groups excluding carboxylic acids is 1. The number of carbonyl (C=O) groups is 1. The lowest BCUT2D eigenvalue weighted by atomic mass is 10.1. The molecule has 3 rings (SSSR count). The van der Waals surface area contributed by atoms with Crippen molar-refractivity contribution in [2.45, 2.75) is 65.3 Å². The summed E-state index contributed by atoms with van der Waals surface area (Å²) in [7, 11) is 0. The Morgan fingerprint density at radius 1 is 1.10 bits per heavy atom. The van der Waals surface area contributed by atoms with Gasteiger partial charge in [0.1, 0.15) is 5.69 Å². The molecule has 1 aliphatic carbocycles. The van der Waals surface area contributed by atoms with Crippen LogP contribution in [0.4, 0.5) is 17.3 Å². The molecule has 2 aromatic rings. The van der Waals surface area contributed by atoms with Crippen molar-refractivity contribution >= 4 is 23.2 Å². The molecule has 1 saturated carbocycles. The van der Waals surface area contributed by atoms with E-state index in [1.165, 1.54) is 31.4 Å². The van der Waals surface area contributed by atoms with Crippen LogP contribution in [0.25, 0.3) is 0 Å². The first kappa shape index (κ1) is 21.1. The molecule has 6 nitrogen and oxygen atoms in total. The van der Waals surface area contributed by atoms with Gasteiger partial charge in [-0.3, -0.25) is 4.79 Å². The number of hydrogen-bond donors (Lipinski definition) is 2. The molecule has 1 heterocycles. The monoisotopic (exact) mass is 395 g/mol. The van der Waals surface area contributed by atoms with E-state index < -0.39 is 0 Å². The molecule has 0 aliphatic heterocycles. The van der Waals surface area contributed by atoms with Crippen LogP contribution < -0.4 is 15.5 Å². The summed E-state index contributed by atoms with van der Waals surface area (Å²) in [5.74, 6) is 0.327. The van der Waals surface area contributed by atoms with Crippen molar-refractivity contribution in [2.24, 2.45) is 0 Å². The van der Waals surface area contributed by atoms with Gasteiger partial charge in [-0.25, -0.2) is 9.97 Å². The van der Waals surface area contributed by atoms with Crippen molar-refractivity contribution in [1.29, 1.82) is 0 Å². The van der Waals surface area contributed by atoms with Gasteiger partial charge in [0, 0.05) is 36.7 Å². The number of benzene rings is 1. The highest BCUT2D eigenvalue weighted by molar-refractivity contribution is 5.92. The van der Waals surface area contributed by atoms with Crippen molar-refractivity contribution in [1.82, 2.24) is 15.3 Å². The second-order valence-corrected chi connectivity index (χ2v) is 7.72. The van der Waals surface area contributed by atoms with Crippen LogP contribution in [0.15, 0.2) is 30.5 Å². The molecule has 1 aliphatic rings. The highest BCUT2D eigenvalue weighted by Gasteiger charge is 2.17. The van der Waals surface area contributed by atoms with E-state index in [2.05, 4.69) is 58.4 Å². The summed E-state index contributed by atoms with van der Waals surface area (Å²) in [4.78, 5) is 23.7. The highest BCUT2D eigenvalue weighted by atomic mass is 16.1. The number of nitrogens with zero attached hydrogens (tertiary/aromatic N) is 3. The standard InChI is InChI=1S/C23H33N5O/c1-4-28(5-2)19-12-13-20(17(3)16-19)26-23-24-15-14-21(27-23)22(29)25-18-10-8-6-7-9-11-18/h12-16,18H,4-11H2,1-3H3,(H,25,29)(H,24,26,27). The fraction of sp³-hybridized carbons (Fsp3) is 0.522. The molecule has 0 radical (unpaired) electrons. The number of aromatic nitrogens is 2. The fourth-order valence-corrected chi connectivity index (χ4v) is 3.92. The van der Waals surface area contributed by atoms with Gasteiger partial charge in [-0.05, 0) is 63.4 Å². The van der Waals surface area contributed by atoms with Crippen LogP contribution >= 0.6 is 0 Å². The summed E-state index contributed by atoms with van der Waals surface area (Å²) in [6.07, 6.45) is 8.65. The topological polar surface area (TPSA) is 70.2 Å². The molecule has 1 aromatic carbocycles. The molecule has 2 N–H and O–H groups in total. The first-order valence-electron chi connectivity index (χ1n) is 10.9. The Morgan fingerprint density at radius 3 is 2.48 bits per heavy atom. The Morgan fingerprint density at radius 2 is 1.83 bits per heavy atom. The zero-order valence-electron chi connectivity index (χ0n) is 17.9. The maximum Gasteiger partial charge on any atom is 0.270 e. The Labute approximate surface area is 174 Å². The zero-order chi connectivity index (χ0) is 20.6. The first-order valence-corrected chi connectivity index (χ1v) is 10.9. The van der Waals surface area contributed by atoms with Crippen LogP contribution in [0.5, 0.6) is 0 Å². The lowest BCUT2D eigenvalue weighted by Crippen LogP contribution is -2.35. The van der Waals surface area contributed by atoms with Gasteiger partial charge in [0.05, 0.1) is 0 Å². The zero-order valence-corrected chi connectivity index (χ0v) is 17.9. The third kappa shape index (κ3) is 5.68. The molecule has 0 spiro atoms. The first-order chi connectivity index (χ1) is 14.1. The molecule has 1 fully saturated rings. The van der Waals surface area contributed by atoms with Crippen LogP contribution in [-0.4, -0.2) is 35.0 Å². The predicted octanol–water partition coefficient (Wildman–Crippen LogP) is 4.83. The second-order valence-electron chi connectivity index (χ2n) is 7.72. The average molecular weight is 396 g/mol. The maximum atomic E-state index is 12.6. The molecule has 0 saturated heterocycles. The summed E-state index contributed by atoms with van der Waals surface area (Å²) < 4.78 is 0. The van der Waals surface area contributed by atoms with Crippen LogP contribution in [0.1, 0.15) is 68.4 Å². The summed E-state index contributed by atoms with van der Waals surface area (Å²) in [5.41, 5.74) is 3.67. The van der Waals surface area contributed by atoms with E-state index in [1.54, 1.807) is 12.3 Å². The smallest absolute Gasteiger partial charge is 0.270 e. The largest absolute Gasteiger partial charge is 0.372 e. The molecular formula is C23H33N5O. The molecule has 156 valence electrons. The van der Waals surface area contributed by atoms with E-state index >= 15 is 0 Å². The quantitative estimate of drug-likeness (QED) is 0.657. The average Bonchev–Trinajstić information content (AvgIpc) is 3.00. The van der Waals surface area contributed by atoms with Gasteiger partial charge in [-0.2, -0.15) is 0 Å². The minimum atomic E-state index is -0.115. The maximum absolute atomic E-state index is 12.6. The minimum absolute atomic E-state index is 0.115. The summed E-state index contributed by atoms with van der Waals surface area (Å²) in [5, 5.41) is 6.41. The van der Waals surface area contributed by atoms with E-state index in [0.717, 1.165) is 37.2 Å². The van der Waals surface area contributed by atoms with Gasteiger partial charge >= 0.3 is 0 Å². The molecule has 1 amide bonds. The Balaban J connectivity index is 1.68. The molecule has 0 unspecified atom stereocenters. The van der Waals surface area contributed by atoms with Gasteiger partial charge < -0.3 is 15.5 Å². The van der Waals surface area contributed by atoms with Gasteiger partial charge in [0.15, 0.2) is 0 Å². The molecule has 1 aromatic heterocycles. The summed E-state index contributed by atoms with van der Waals surface area (Å²) in [6, 6.07) is 8.24. The van der Waals surface area contributed by atoms with Crippen molar-refractivity contribution in [3.05, 3.63) is 41.7 Å². The fourth-order valence-electron chi connectivity index (χ4n) is 3.92. The Kier molecular flexibility index (Phi) is 7.44.